The molecule has 0 saturated carbocycles. The third kappa shape index (κ3) is 6.80. The van der Waals surface area contributed by atoms with E-state index in [1.54, 1.807) is 18.9 Å². The van der Waals surface area contributed by atoms with Gasteiger partial charge in [-0.25, -0.2) is 0 Å². The zero-order valence-corrected chi connectivity index (χ0v) is 10.9. The lowest BCUT2D eigenvalue weighted by atomic mass is 9.94. The second kappa shape index (κ2) is 7.63. The van der Waals surface area contributed by atoms with Crippen molar-refractivity contribution >= 4 is 5.91 Å². The zero-order chi connectivity index (χ0) is 12.7. The fourth-order valence-corrected chi connectivity index (χ4v) is 1.83. The molecule has 0 saturated heterocycles. The Bertz CT molecular complexity index is 205. The summed E-state index contributed by atoms with van der Waals surface area (Å²) in [6.07, 6.45) is 0.984. The quantitative estimate of drug-likeness (QED) is 0.681. The Morgan fingerprint density at radius 3 is 2.31 bits per heavy atom. The summed E-state index contributed by atoms with van der Waals surface area (Å²) in [5.41, 5.74) is 5.65. The molecule has 0 bridgehead atoms. The second-order valence-corrected chi connectivity index (χ2v) is 5.06. The van der Waals surface area contributed by atoms with Gasteiger partial charge in [-0.05, 0) is 31.7 Å². The first-order chi connectivity index (χ1) is 7.36. The molecule has 0 fully saturated rings. The number of aliphatic hydroxyl groups is 1. The normalized spacial score (nSPS) is 14.9. The monoisotopic (exact) mass is 230 g/mol. The van der Waals surface area contributed by atoms with Crippen LogP contribution in [-0.4, -0.2) is 42.2 Å². The lowest BCUT2D eigenvalue weighted by Gasteiger charge is -2.22. The van der Waals surface area contributed by atoms with E-state index < -0.39 is 6.10 Å². The average Bonchev–Trinajstić information content (AvgIpc) is 2.14. The van der Waals surface area contributed by atoms with Gasteiger partial charge in [0.15, 0.2) is 0 Å². The molecule has 0 aliphatic rings. The highest BCUT2D eigenvalue weighted by Gasteiger charge is 2.17. The minimum atomic E-state index is -0.477. The Morgan fingerprint density at radius 1 is 1.38 bits per heavy atom. The topological polar surface area (TPSA) is 66.6 Å². The van der Waals surface area contributed by atoms with Crippen molar-refractivity contribution in [2.24, 2.45) is 17.6 Å². The molecular formula is C12H26N2O2. The van der Waals surface area contributed by atoms with Crippen molar-refractivity contribution in [3.8, 4) is 0 Å². The van der Waals surface area contributed by atoms with Crippen LogP contribution in [0.1, 0.15) is 33.6 Å². The van der Waals surface area contributed by atoms with Crippen LogP contribution in [0.5, 0.6) is 0 Å². The molecule has 3 N–H and O–H groups in total. The van der Waals surface area contributed by atoms with Gasteiger partial charge in [0.2, 0.25) is 5.91 Å². The molecular weight excluding hydrogens is 204 g/mol. The molecule has 4 heteroatoms. The number of carbonyl (C=O) groups is 1. The number of aliphatic hydroxyl groups excluding tert-OH is 1. The van der Waals surface area contributed by atoms with E-state index in [0.29, 0.717) is 25.4 Å². The predicted molar refractivity (Wildman–Crippen MR) is 65.9 cm³/mol. The van der Waals surface area contributed by atoms with E-state index in [2.05, 4.69) is 13.8 Å². The fraction of sp³-hybridized carbons (Fsp3) is 0.917. The molecule has 0 aromatic heterocycles. The van der Waals surface area contributed by atoms with Gasteiger partial charge < -0.3 is 15.7 Å². The van der Waals surface area contributed by atoms with Gasteiger partial charge in [-0.2, -0.15) is 0 Å². The third-order valence-corrected chi connectivity index (χ3v) is 2.57. The maximum atomic E-state index is 11.8. The number of hydrogen-bond acceptors (Lipinski definition) is 3. The van der Waals surface area contributed by atoms with Crippen LogP contribution in [0.15, 0.2) is 0 Å². The lowest BCUT2D eigenvalue weighted by Crippen LogP contribution is -2.35. The van der Waals surface area contributed by atoms with E-state index in [4.69, 9.17) is 5.73 Å². The van der Waals surface area contributed by atoms with E-state index >= 15 is 0 Å². The molecule has 0 aliphatic carbocycles. The van der Waals surface area contributed by atoms with E-state index in [1.807, 2.05) is 0 Å². The SMILES string of the molecule is CC(C)CC(CN)CC(=O)N(C)CC(C)O. The average molecular weight is 230 g/mol. The Kier molecular flexibility index (Phi) is 7.34. The lowest BCUT2D eigenvalue weighted by molar-refractivity contribution is -0.132. The van der Waals surface area contributed by atoms with E-state index in [-0.39, 0.29) is 11.8 Å². The summed E-state index contributed by atoms with van der Waals surface area (Å²) in [6.45, 7) is 6.88. The second-order valence-electron chi connectivity index (χ2n) is 5.06. The molecule has 0 aliphatic heterocycles. The molecule has 4 nitrogen and oxygen atoms in total. The van der Waals surface area contributed by atoms with Crippen LogP contribution >= 0.6 is 0 Å². The van der Waals surface area contributed by atoms with Crippen LogP contribution in [0.25, 0.3) is 0 Å². The molecule has 0 heterocycles. The van der Waals surface area contributed by atoms with Gasteiger partial charge in [0.05, 0.1) is 6.10 Å². The summed E-state index contributed by atoms with van der Waals surface area (Å²) in [5.74, 6) is 0.879. The Labute approximate surface area is 98.8 Å². The van der Waals surface area contributed by atoms with Gasteiger partial charge in [0.25, 0.3) is 0 Å². The number of nitrogens with zero attached hydrogens (tertiary/aromatic N) is 1. The van der Waals surface area contributed by atoms with E-state index in [9.17, 15) is 9.90 Å². The van der Waals surface area contributed by atoms with Crippen molar-refractivity contribution in [1.82, 2.24) is 4.90 Å². The number of amides is 1. The van der Waals surface area contributed by atoms with Gasteiger partial charge in [-0.3, -0.25) is 4.79 Å². The summed E-state index contributed by atoms with van der Waals surface area (Å²) in [5, 5.41) is 9.19. The summed E-state index contributed by atoms with van der Waals surface area (Å²) in [6, 6.07) is 0. The Balaban J connectivity index is 4.08. The highest BCUT2D eigenvalue weighted by Crippen LogP contribution is 2.15. The fourth-order valence-electron chi connectivity index (χ4n) is 1.83. The van der Waals surface area contributed by atoms with Gasteiger partial charge in [0, 0.05) is 20.0 Å². The van der Waals surface area contributed by atoms with Crippen molar-refractivity contribution in [2.45, 2.75) is 39.7 Å². The van der Waals surface area contributed by atoms with Crippen LogP contribution < -0.4 is 5.73 Å². The molecule has 16 heavy (non-hydrogen) atoms. The first-order valence-electron chi connectivity index (χ1n) is 5.98. The highest BCUT2D eigenvalue weighted by molar-refractivity contribution is 5.76. The predicted octanol–water partition coefficient (Wildman–Crippen LogP) is 0.837. The van der Waals surface area contributed by atoms with Crippen LogP contribution in [0.4, 0.5) is 0 Å². The summed E-state index contributed by atoms with van der Waals surface area (Å²) in [4.78, 5) is 13.4. The maximum Gasteiger partial charge on any atom is 0.222 e. The summed E-state index contributed by atoms with van der Waals surface area (Å²) < 4.78 is 0. The van der Waals surface area contributed by atoms with Crippen molar-refractivity contribution in [1.29, 1.82) is 0 Å². The van der Waals surface area contributed by atoms with Crippen LogP contribution in [0, 0.1) is 11.8 Å². The number of hydrogen-bond donors (Lipinski definition) is 2. The zero-order valence-electron chi connectivity index (χ0n) is 10.9. The molecule has 0 rings (SSSR count). The van der Waals surface area contributed by atoms with Gasteiger partial charge in [-0.15, -0.1) is 0 Å². The molecule has 0 aromatic rings. The van der Waals surface area contributed by atoms with Crippen LogP contribution in [0.3, 0.4) is 0 Å². The first kappa shape index (κ1) is 15.4. The highest BCUT2D eigenvalue weighted by atomic mass is 16.3. The molecule has 0 spiro atoms. The number of rotatable bonds is 7. The smallest absolute Gasteiger partial charge is 0.222 e. The van der Waals surface area contributed by atoms with Crippen molar-refractivity contribution < 1.29 is 9.90 Å². The van der Waals surface area contributed by atoms with Gasteiger partial charge in [0.1, 0.15) is 0 Å². The molecule has 96 valence electrons. The minimum Gasteiger partial charge on any atom is -0.392 e. The Morgan fingerprint density at radius 2 is 1.94 bits per heavy atom. The van der Waals surface area contributed by atoms with Crippen LogP contribution in [0.2, 0.25) is 0 Å². The number of nitrogens with two attached hydrogens (primary N) is 1. The third-order valence-electron chi connectivity index (χ3n) is 2.57. The van der Waals surface area contributed by atoms with Gasteiger partial charge >= 0.3 is 0 Å². The molecule has 1 amide bonds. The van der Waals surface area contributed by atoms with Crippen LogP contribution in [-0.2, 0) is 4.79 Å². The summed E-state index contributed by atoms with van der Waals surface area (Å²) in [7, 11) is 1.72. The van der Waals surface area contributed by atoms with Crippen molar-refractivity contribution in [3.05, 3.63) is 0 Å². The van der Waals surface area contributed by atoms with Crippen molar-refractivity contribution in [2.75, 3.05) is 20.1 Å². The molecule has 0 radical (unpaired) electrons. The Hall–Kier alpha value is -0.610. The number of carbonyl (C=O) groups excluding carboxylic acids is 1. The molecule has 0 aromatic carbocycles. The molecule has 2 atom stereocenters. The molecule has 2 unspecified atom stereocenters. The first-order valence-corrected chi connectivity index (χ1v) is 5.98. The summed E-state index contributed by atoms with van der Waals surface area (Å²) >= 11 is 0. The number of likely N-dealkylation sites (N-methyl/N-ethyl adjacent to an activating group) is 1. The van der Waals surface area contributed by atoms with E-state index in [0.717, 1.165) is 6.42 Å². The largest absolute Gasteiger partial charge is 0.392 e. The maximum absolute atomic E-state index is 11.8. The van der Waals surface area contributed by atoms with E-state index in [1.165, 1.54) is 0 Å². The van der Waals surface area contributed by atoms with Gasteiger partial charge in [-0.1, -0.05) is 13.8 Å². The minimum absolute atomic E-state index is 0.0667. The standard InChI is InChI=1S/C12H26N2O2/c1-9(2)5-11(7-13)6-12(16)14(4)8-10(3)15/h9-11,15H,5-8,13H2,1-4H3. The van der Waals surface area contributed by atoms with Crippen molar-refractivity contribution in [3.63, 3.8) is 0 Å².